The molecule has 0 unspecified atom stereocenters. The molecule has 0 N–H and O–H groups in total. The van der Waals surface area contributed by atoms with Gasteiger partial charge in [0.2, 0.25) is 11.8 Å². The summed E-state index contributed by atoms with van der Waals surface area (Å²) in [5.74, 6) is -3.54. The van der Waals surface area contributed by atoms with Gasteiger partial charge in [0.05, 0.1) is 0 Å². The molecular weight excluding hydrogens is 793 g/mol. The quantitative estimate of drug-likeness (QED) is 0.0822. The van der Waals surface area contributed by atoms with Gasteiger partial charge in [0.25, 0.3) is 0 Å². The predicted octanol–water partition coefficient (Wildman–Crippen LogP) is 13.6. The van der Waals surface area contributed by atoms with E-state index in [0.717, 1.165) is 37.8 Å². The molecule has 0 bridgehead atoms. The number of amides is 2. The maximum Gasteiger partial charge on any atom is 4.00 e. The zero-order valence-electron chi connectivity index (χ0n) is 37.3. The molecule has 0 atom stereocenters. The van der Waals surface area contributed by atoms with Crippen molar-refractivity contribution in [3.63, 3.8) is 0 Å². The van der Waals surface area contributed by atoms with E-state index in [1.54, 1.807) is 53.7 Å². The summed E-state index contributed by atoms with van der Waals surface area (Å²) in [6.07, 6.45) is 14.6. The van der Waals surface area contributed by atoms with Crippen molar-refractivity contribution < 1.29 is 48.9 Å². The maximum absolute atomic E-state index is 13.8. The summed E-state index contributed by atoms with van der Waals surface area (Å²) in [5, 5.41) is 0. The summed E-state index contributed by atoms with van der Waals surface area (Å²) in [6.45, 7) is 39.9. The van der Waals surface area contributed by atoms with Crippen LogP contribution in [0.25, 0.3) is 0 Å². The summed E-state index contributed by atoms with van der Waals surface area (Å²) in [6, 6.07) is 11.2. The van der Waals surface area contributed by atoms with Crippen LogP contribution in [0.5, 0.6) is 0 Å². The van der Waals surface area contributed by atoms with Crippen LogP contribution in [0.2, 0.25) is 51.4 Å². The molecular formula is C46H70F4N2O2Si2Ti. The second-order valence-electron chi connectivity index (χ2n) is 17.9. The third-order valence-electron chi connectivity index (χ3n) is 7.46. The van der Waals surface area contributed by atoms with Crippen LogP contribution in [0.3, 0.4) is 0 Å². The van der Waals surface area contributed by atoms with E-state index in [-0.39, 0.29) is 44.9 Å². The van der Waals surface area contributed by atoms with Gasteiger partial charge in [-0.3, -0.25) is 22.7 Å². The molecule has 0 aliphatic rings. The third kappa shape index (κ3) is 27.5. The first-order chi connectivity index (χ1) is 25.7. The fraction of sp³-hybridized carbons (Fsp3) is 0.522. The summed E-state index contributed by atoms with van der Waals surface area (Å²) in [4.78, 5) is 27.5. The van der Waals surface area contributed by atoms with Crippen LogP contribution >= 0.6 is 0 Å². The number of halogens is 4. The fourth-order valence-electron chi connectivity index (χ4n) is 4.39. The Bertz CT molecular complexity index is 1440. The maximum atomic E-state index is 13.8. The van der Waals surface area contributed by atoms with Crippen molar-refractivity contribution in [2.45, 2.75) is 132 Å². The van der Waals surface area contributed by atoms with E-state index in [4.69, 9.17) is 13.2 Å². The van der Waals surface area contributed by atoms with Crippen molar-refractivity contribution in [3.05, 3.63) is 109 Å². The van der Waals surface area contributed by atoms with Gasteiger partial charge in [-0.1, -0.05) is 120 Å². The summed E-state index contributed by atoms with van der Waals surface area (Å²) in [7, 11) is -1.71. The SMILES string of the molecule is CCCCN(C(=O)C(C)(C)C)c1ccc(F)[c-]c1F.CCCCN(C(=O)C(C)(C)C)c1ccc(F)[c-]c1F.[CH-]=CC=CC[Si](C)(C)C.[CH-]=CC=CC[Si](C)(C)C.[Ti+4]. The van der Waals surface area contributed by atoms with Gasteiger partial charge in [0, 0.05) is 63.3 Å². The molecule has 4 nitrogen and oxygen atoms in total. The minimum atomic E-state index is -0.857. The molecule has 0 fully saturated rings. The first kappa shape index (κ1) is 58.5. The molecule has 0 aliphatic heterocycles. The molecule has 0 radical (unpaired) electrons. The monoisotopic (exact) mass is 862 g/mol. The number of hydrogen-bond donors (Lipinski definition) is 0. The van der Waals surface area contributed by atoms with Crippen LogP contribution in [-0.2, 0) is 31.3 Å². The molecule has 316 valence electrons. The van der Waals surface area contributed by atoms with E-state index >= 15 is 0 Å². The Morgan fingerprint density at radius 1 is 0.632 bits per heavy atom. The Balaban J connectivity index is -0.000000720. The smallest absolute Gasteiger partial charge is 0.363 e. The molecule has 2 amide bonds. The van der Waals surface area contributed by atoms with Crippen molar-refractivity contribution in [2.24, 2.45) is 10.8 Å². The Kier molecular flexibility index (Phi) is 29.4. The van der Waals surface area contributed by atoms with Gasteiger partial charge in [-0.2, -0.15) is 12.2 Å². The number of carbonyl (C=O) groups excluding carboxylic acids is 2. The average Bonchev–Trinajstić information content (AvgIpc) is 3.05. The summed E-state index contributed by atoms with van der Waals surface area (Å²) < 4.78 is 53.4. The molecule has 2 aromatic carbocycles. The molecule has 0 saturated heterocycles. The van der Waals surface area contributed by atoms with Crippen molar-refractivity contribution >= 4 is 39.3 Å². The largest absolute Gasteiger partial charge is 4.00 e. The second-order valence-corrected chi connectivity index (χ2v) is 29.0. The van der Waals surface area contributed by atoms with E-state index in [2.05, 4.69) is 51.4 Å². The van der Waals surface area contributed by atoms with Gasteiger partial charge in [-0.05, 0) is 24.2 Å². The normalized spacial score (nSPS) is 11.5. The minimum absolute atomic E-state index is 0. The first-order valence-corrected chi connectivity index (χ1v) is 26.9. The number of hydrogen-bond acceptors (Lipinski definition) is 2. The number of unbranched alkanes of at least 4 members (excludes halogenated alkanes) is 2. The van der Waals surface area contributed by atoms with Gasteiger partial charge in [-0.15, -0.1) is 36.4 Å². The predicted molar refractivity (Wildman–Crippen MR) is 236 cm³/mol. The van der Waals surface area contributed by atoms with E-state index in [1.807, 2.05) is 38.1 Å². The van der Waals surface area contributed by atoms with E-state index in [0.29, 0.717) is 13.1 Å². The number of rotatable bonds is 14. The topological polar surface area (TPSA) is 40.6 Å². The van der Waals surface area contributed by atoms with E-state index < -0.39 is 50.2 Å². The van der Waals surface area contributed by atoms with Crippen LogP contribution in [0.1, 0.15) is 81.1 Å². The van der Waals surface area contributed by atoms with Gasteiger partial charge >= 0.3 is 21.7 Å². The van der Waals surface area contributed by atoms with Crippen molar-refractivity contribution in [1.29, 1.82) is 0 Å². The van der Waals surface area contributed by atoms with Crippen LogP contribution in [0, 0.1) is 59.4 Å². The van der Waals surface area contributed by atoms with Crippen LogP contribution in [0.4, 0.5) is 28.9 Å². The number of nitrogens with zero attached hydrogens (tertiary/aromatic N) is 2. The van der Waals surface area contributed by atoms with Crippen LogP contribution in [-0.4, -0.2) is 41.1 Å². The number of carbonyl (C=O) groups is 2. The molecule has 0 heterocycles. The first-order valence-electron chi connectivity index (χ1n) is 19.5. The molecule has 11 heteroatoms. The summed E-state index contributed by atoms with van der Waals surface area (Å²) >= 11 is 0. The Morgan fingerprint density at radius 3 is 1.14 bits per heavy atom. The van der Waals surface area contributed by atoms with Crippen molar-refractivity contribution in [3.8, 4) is 0 Å². The third-order valence-corrected chi connectivity index (χ3v) is 10.4. The molecule has 2 rings (SSSR count). The second kappa shape index (κ2) is 28.6. The van der Waals surface area contributed by atoms with Gasteiger partial charge < -0.3 is 9.80 Å². The molecule has 2 aromatic rings. The van der Waals surface area contributed by atoms with Gasteiger partial charge in [0.1, 0.15) is 0 Å². The fourth-order valence-corrected chi connectivity index (χ4v) is 6.08. The number of benzene rings is 2. The Morgan fingerprint density at radius 2 is 0.930 bits per heavy atom. The van der Waals surface area contributed by atoms with Crippen LogP contribution < -0.4 is 9.80 Å². The van der Waals surface area contributed by atoms with Gasteiger partial charge in [-0.25, -0.2) is 41.9 Å². The van der Waals surface area contributed by atoms with E-state index in [1.165, 1.54) is 34.0 Å². The van der Waals surface area contributed by atoms with Gasteiger partial charge in [0.15, 0.2) is 0 Å². The Hall–Kier alpha value is -2.79. The van der Waals surface area contributed by atoms with Crippen molar-refractivity contribution in [1.82, 2.24) is 0 Å². The molecule has 57 heavy (non-hydrogen) atoms. The number of allylic oxidation sites excluding steroid dienone is 6. The molecule has 0 aliphatic carbocycles. The molecule has 0 saturated carbocycles. The number of anilines is 2. The Labute approximate surface area is 361 Å². The minimum Gasteiger partial charge on any atom is -0.363 e. The molecule has 0 spiro atoms. The van der Waals surface area contributed by atoms with Crippen LogP contribution in [0.15, 0.2) is 60.7 Å². The average molecular weight is 863 g/mol. The molecule has 0 aromatic heterocycles. The summed E-state index contributed by atoms with van der Waals surface area (Å²) in [5.41, 5.74) is -1.05. The van der Waals surface area contributed by atoms with Crippen molar-refractivity contribution in [2.75, 3.05) is 22.9 Å². The van der Waals surface area contributed by atoms with E-state index in [9.17, 15) is 27.2 Å². The zero-order valence-corrected chi connectivity index (χ0v) is 40.9. The zero-order chi connectivity index (χ0) is 43.9. The standard InChI is InChI=1S/2C15H20F2NO.2C8H15Si.Ti/c2*1-5-6-9-18(14(19)15(2,3)4)13-8-7-11(16)10-12(13)17;2*1-5-6-7-8-9(2,3)4;/h2*7-8H,5-6,9H2,1-4H3;2*1,5-7H,8H2,2-4H3;/q4*-1;+4.